The van der Waals surface area contributed by atoms with Gasteiger partial charge in [-0.05, 0) is 36.6 Å². The smallest absolute Gasteiger partial charge is 0.435 e. The molecule has 0 unspecified atom stereocenters. The Morgan fingerprint density at radius 3 is 2.53 bits per heavy atom. The van der Waals surface area contributed by atoms with Crippen molar-refractivity contribution < 1.29 is 27.4 Å². The summed E-state index contributed by atoms with van der Waals surface area (Å²) >= 11 is 1.46. The van der Waals surface area contributed by atoms with E-state index in [1.165, 1.54) is 37.1 Å². The molecule has 32 heavy (non-hydrogen) atoms. The summed E-state index contributed by atoms with van der Waals surface area (Å²) in [7, 11) is 1.31. The van der Waals surface area contributed by atoms with Crippen molar-refractivity contribution in [2.75, 3.05) is 18.7 Å². The van der Waals surface area contributed by atoms with Gasteiger partial charge in [-0.25, -0.2) is 0 Å². The van der Waals surface area contributed by atoms with E-state index in [2.05, 4.69) is 15.5 Å². The zero-order chi connectivity index (χ0) is 23.3. The SMILES string of the molecule is COc1cc(C#N)ccc1Oc1cc(C(F)(F)F)nnc1C(=O)Nc1cccc(SC)c1. The Hall–Kier alpha value is -3.78. The van der Waals surface area contributed by atoms with Gasteiger partial charge < -0.3 is 14.8 Å². The summed E-state index contributed by atoms with van der Waals surface area (Å²) in [6.45, 7) is 0. The number of nitriles is 1. The minimum Gasteiger partial charge on any atom is -0.493 e. The lowest BCUT2D eigenvalue weighted by atomic mass is 10.2. The number of rotatable bonds is 6. The van der Waals surface area contributed by atoms with Crippen LogP contribution in [0.15, 0.2) is 53.4 Å². The number of thioether (sulfide) groups is 1. The van der Waals surface area contributed by atoms with E-state index in [9.17, 15) is 18.0 Å². The maximum Gasteiger partial charge on any atom is 0.435 e. The van der Waals surface area contributed by atoms with Crippen molar-refractivity contribution in [1.82, 2.24) is 10.2 Å². The Bertz CT molecular complexity index is 1200. The first kappa shape index (κ1) is 22.9. The van der Waals surface area contributed by atoms with Crippen LogP contribution in [0, 0.1) is 11.3 Å². The fraction of sp³-hybridized carbons (Fsp3) is 0.143. The van der Waals surface area contributed by atoms with Crippen molar-refractivity contribution in [2.45, 2.75) is 11.1 Å². The third-order valence-corrected chi connectivity index (χ3v) is 4.83. The molecule has 0 saturated heterocycles. The standard InChI is InChI=1S/C21H15F3N4O3S/c1-30-16-8-12(11-25)6-7-15(16)31-17-10-18(21(22,23)24)27-28-19(17)20(29)26-13-4-3-5-14(9-13)32-2/h3-10H,1-2H3,(H,26,29). The van der Waals surface area contributed by atoms with Crippen LogP contribution in [-0.2, 0) is 6.18 Å². The molecule has 1 N–H and O–H groups in total. The molecule has 0 saturated carbocycles. The van der Waals surface area contributed by atoms with Gasteiger partial charge in [0.25, 0.3) is 5.91 Å². The number of hydrogen-bond donors (Lipinski definition) is 1. The number of carbonyl (C=O) groups is 1. The van der Waals surface area contributed by atoms with Crippen molar-refractivity contribution in [3.63, 3.8) is 0 Å². The molecule has 1 heterocycles. The van der Waals surface area contributed by atoms with Crippen LogP contribution in [0.3, 0.4) is 0 Å². The summed E-state index contributed by atoms with van der Waals surface area (Å²) in [5, 5.41) is 18.2. The van der Waals surface area contributed by atoms with E-state index in [1.807, 2.05) is 18.4 Å². The van der Waals surface area contributed by atoms with Gasteiger partial charge in [0.2, 0.25) is 0 Å². The molecule has 0 atom stereocenters. The first-order valence-corrected chi connectivity index (χ1v) is 10.1. The number of methoxy groups -OCH3 is 1. The molecule has 1 aromatic heterocycles. The predicted molar refractivity (Wildman–Crippen MR) is 111 cm³/mol. The van der Waals surface area contributed by atoms with Crippen LogP contribution < -0.4 is 14.8 Å². The van der Waals surface area contributed by atoms with Gasteiger partial charge in [-0.15, -0.1) is 22.0 Å². The Labute approximate surface area is 185 Å². The minimum absolute atomic E-state index is 0.00828. The molecule has 0 spiro atoms. The van der Waals surface area contributed by atoms with Crippen LogP contribution in [0.4, 0.5) is 18.9 Å². The van der Waals surface area contributed by atoms with E-state index in [-0.39, 0.29) is 17.1 Å². The number of aromatic nitrogens is 2. The summed E-state index contributed by atoms with van der Waals surface area (Å²) in [4.78, 5) is 13.7. The molecule has 0 radical (unpaired) electrons. The maximum atomic E-state index is 13.2. The lowest BCUT2D eigenvalue weighted by molar-refractivity contribution is -0.141. The highest BCUT2D eigenvalue weighted by molar-refractivity contribution is 7.98. The average Bonchev–Trinajstić information content (AvgIpc) is 2.78. The number of nitrogens with one attached hydrogen (secondary N) is 1. The average molecular weight is 460 g/mol. The van der Waals surface area contributed by atoms with E-state index in [0.717, 1.165) is 4.90 Å². The second kappa shape index (κ2) is 9.57. The van der Waals surface area contributed by atoms with Gasteiger partial charge in [0.15, 0.2) is 28.6 Å². The van der Waals surface area contributed by atoms with E-state index in [4.69, 9.17) is 14.7 Å². The van der Waals surface area contributed by atoms with E-state index < -0.39 is 29.2 Å². The second-order valence-electron chi connectivity index (χ2n) is 6.21. The van der Waals surface area contributed by atoms with Crippen molar-refractivity contribution in [3.05, 3.63) is 65.5 Å². The third kappa shape index (κ3) is 5.28. The molecule has 3 aromatic rings. The van der Waals surface area contributed by atoms with Gasteiger partial charge in [0.1, 0.15) is 0 Å². The lowest BCUT2D eigenvalue weighted by Crippen LogP contribution is -2.18. The zero-order valence-electron chi connectivity index (χ0n) is 16.7. The molecular weight excluding hydrogens is 445 g/mol. The van der Waals surface area contributed by atoms with Crippen LogP contribution in [-0.4, -0.2) is 29.5 Å². The van der Waals surface area contributed by atoms with Crippen molar-refractivity contribution in [2.24, 2.45) is 0 Å². The summed E-state index contributed by atoms with van der Waals surface area (Å²) in [6, 6.07) is 13.5. The van der Waals surface area contributed by atoms with Crippen molar-refractivity contribution in [3.8, 4) is 23.3 Å². The third-order valence-electron chi connectivity index (χ3n) is 4.10. The monoisotopic (exact) mass is 460 g/mol. The second-order valence-corrected chi connectivity index (χ2v) is 7.09. The Balaban J connectivity index is 2.01. The summed E-state index contributed by atoms with van der Waals surface area (Å²) in [5.41, 5.74) is -1.12. The number of ether oxygens (including phenoxy) is 2. The first-order valence-electron chi connectivity index (χ1n) is 8.91. The first-order chi connectivity index (χ1) is 15.2. The predicted octanol–water partition coefficient (Wildman–Crippen LogP) is 5.14. The number of alkyl halides is 3. The van der Waals surface area contributed by atoms with Gasteiger partial charge >= 0.3 is 6.18 Å². The van der Waals surface area contributed by atoms with Gasteiger partial charge in [0.05, 0.1) is 18.7 Å². The van der Waals surface area contributed by atoms with Crippen molar-refractivity contribution >= 4 is 23.4 Å². The molecule has 7 nitrogen and oxygen atoms in total. The zero-order valence-corrected chi connectivity index (χ0v) is 17.5. The van der Waals surface area contributed by atoms with Gasteiger partial charge in [0, 0.05) is 22.7 Å². The highest BCUT2D eigenvalue weighted by Gasteiger charge is 2.35. The number of anilines is 1. The fourth-order valence-electron chi connectivity index (χ4n) is 2.58. The van der Waals surface area contributed by atoms with Crippen LogP contribution in [0.2, 0.25) is 0 Å². The van der Waals surface area contributed by atoms with Gasteiger partial charge in [-0.3, -0.25) is 4.79 Å². The Morgan fingerprint density at radius 1 is 1.09 bits per heavy atom. The van der Waals surface area contributed by atoms with Crippen molar-refractivity contribution in [1.29, 1.82) is 5.26 Å². The number of hydrogen-bond acceptors (Lipinski definition) is 7. The molecule has 0 aliphatic carbocycles. The maximum absolute atomic E-state index is 13.2. The molecule has 3 rings (SSSR count). The Morgan fingerprint density at radius 2 is 1.88 bits per heavy atom. The molecule has 11 heteroatoms. The number of carbonyl (C=O) groups excluding carboxylic acids is 1. The summed E-state index contributed by atoms with van der Waals surface area (Å²) < 4.78 is 50.3. The fourth-order valence-corrected chi connectivity index (χ4v) is 3.04. The topological polar surface area (TPSA) is 97.1 Å². The Kier molecular flexibility index (Phi) is 6.85. The molecule has 0 fully saturated rings. The molecule has 0 aliphatic rings. The normalized spacial score (nSPS) is 10.9. The number of benzene rings is 2. The molecular formula is C21H15F3N4O3S. The number of amides is 1. The number of halogens is 3. The number of nitrogens with zero attached hydrogens (tertiary/aromatic N) is 3. The minimum atomic E-state index is -4.80. The van der Waals surface area contributed by atoms with E-state index in [0.29, 0.717) is 11.8 Å². The van der Waals surface area contributed by atoms with Gasteiger partial charge in [-0.1, -0.05) is 6.07 Å². The highest BCUT2D eigenvalue weighted by atomic mass is 32.2. The highest BCUT2D eigenvalue weighted by Crippen LogP contribution is 2.36. The molecule has 0 aliphatic heterocycles. The molecule has 164 valence electrons. The van der Waals surface area contributed by atoms with E-state index >= 15 is 0 Å². The molecule has 2 aromatic carbocycles. The molecule has 0 bridgehead atoms. The summed E-state index contributed by atoms with van der Waals surface area (Å²) in [6.07, 6.45) is -2.94. The summed E-state index contributed by atoms with van der Waals surface area (Å²) in [5.74, 6) is -1.21. The largest absolute Gasteiger partial charge is 0.493 e. The van der Waals surface area contributed by atoms with Gasteiger partial charge in [-0.2, -0.15) is 18.4 Å². The van der Waals surface area contributed by atoms with Crippen LogP contribution >= 0.6 is 11.8 Å². The van der Waals surface area contributed by atoms with Crippen LogP contribution in [0.25, 0.3) is 0 Å². The van der Waals surface area contributed by atoms with Crippen LogP contribution in [0.5, 0.6) is 17.2 Å². The van der Waals surface area contributed by atoms with Crippen LogP contribution in [0.1, 0.15) is 21.7 Å². The lowest BCUT2D eigenvalue weighted by Gasteiger charge is -2.14. The van der Waals surface area contributed by atoms with E-state index in [1.54, 1.807) is 18.2 Å². The molecule has 1 amide bonds. The quantitative estimate of drug-likeness (QED) is 0.509.